The molecule has 2 aliphatic heterocycles. The van der Waals surface area contributed by atoms with Crippen molar-refractivity contribution in [1.29, 1.82) is 0 Å². The molecule has 6 heterocycles. The van der Waals surface area contributed by atoms with Crippen LogP contribution in [-0.4, -0.2) is 98.9 Å². The fourth-order valence-electron chi connectivity index (χ4n) is 5.85. The van der Waals surface area contributed by atoms with Crippen LogP contribution in [0.4, 0.5) is 11.8 Å². The van der Waals surface area contributed by atoms with Gasteiger partial charge in [0.25, 0.3) is 5.56 Å². The molecule has 0 aromatic carbocycles. The maximum absolute atomic E-state index is 12.4. The molecule has 0 amide bonds. The lowest BCUT2D eigenvalue weighted by Gasteiger charge is -2.32. The molecule has 2 fully saturated rings. The molecule has 0 spiro atoms. The number of nitrogen functional groups attached to an aromatic ring is 2. The van der Waals surface area contributed by atoms with Crippen LogP contribution >= 0.6 is 26.0 Å². The molecule has 19 nitrogen and oxygen atoms in total. The van der Waals surface area contributed by atoms with E-state index in [1.165, 1.54) is 30.7 Å². The van der Waals surface area contributed by atoms with Crippen molar-refractivity contribution in [1.82, 2.24) is 39.0 Å². The van der Waals surface area contributed by atoms with Gasteiger partial charge in [0.15, 0.2) is 41.5 Å². The van der Waals surface area contributed by atoms with E-state index in [1.54, 1.807) is 11.5 Å². The van der Waals surface area contributed by atoms with E-state index in [9.17, 15) is 19.4 Å². The Bertz CT molecular complexity index is 1890. The molecule has 9 atom stereocenters. The molecule has 248 valence electrons. The van der Waals surface area contributed by atoms with Crippen LogP contribution < -0.4 is 17.0 Å². The SMILES string of the molecule is CO[C@H]1[C@H](n2cnc3c(N)ncnc32)OC(C)(COP(O)(=S)[C@@H]2C[C@@H](CCO)O[C@H]2n2cnc3c(=O)[nH]c(N)nc32)[C@H]1O[P+](=O)S. The van der Waals surface area contributed by atoms with Crippen molar-refractivity contribution in [2.45, 2.75) is 61.8 Å². The zero-order valence-corrected chi connectivity index (χ0v) is 27.8. The van der Waals surface area contributed by atoms with Gasteiger partial charge in [-0.05, 0) is 36.1 Å². The third kappa shape index (κ3) is 5.94. The highest BCUT2D eigenvalue weighted by molar-refractivity contribution is 8.39. The lowest BCUT2D eigenvalue weighted by atomic mass is 9.98. The summed E-state index contributed by atoms with van der Waals surface area (Å²) >= 11 is 9.68. The molecule has 7 N–H and O–H groups in total. The summed E-state index contributed by atoms with van der Waals surface area (Å²) in [6.45, 7) is -2.69. The topological polar surface area (TPSA) is 263 Å². The summed E-state index contributed by atoms with van der Waals surface area (Å²) in [5.74, 6) is 0.0253. The summed E-state index contributed by atoms with van der Waals surface area (Å²) < 4.78 is 45.6. The summed E-state index contributed by atoms with van der Waals surface area (Å²) in [6, 6.07) is 0. The van der Waals surface area contributed by atoms with E-state index < -0.39 is 61.3 Å². The minimum absolute atomic E-state index is 0.0118. The number of aromatic amines is 1. The molecule has 0 aliphatic carbocycles. The molecule has 6 rings (SSSR count). The van der Waals surface area contributed by atoms with Gasteiger partial charge in [-0.3, -0.25) is 18.9 Å². The molecule has 0 radical (unpaired) electrons. The van der Waals surface area contributed by atoms with Gasteiger partial charge in [-0.15, -0.1) is 4.52 Å². The van der Waals surface area contributed by atoms with Crippen molar-refractivity contribution in [2.75, 3.05) is 31.8 Å². The zero-order valence-electron chi connectivity index (χ0n) is 24.3. The molecule has 2 aliphatic rings. The van der Waals surface area contributed by atoms with Crippen LogP contribution in [0.15, 0.2) is 23.8 Å². The summed E-state index contributed by atoms with van der Waals surface area (Å²) in [4.78, 5) is 47.5. The lowest BCUT2D eigenvalue weighted by molar-refractivity contribution is -0.108. The number of H-pyrrole nitrogens is 1. The summed E-state index contributed by atoms with van der Waals surface area (Å²) in [5, 5.41) is 9.61. The maximum Gasteiger partial charge on any atom is 0.582 e. The van der Waals surface area contributed by atoms with E-state index >= 15 is 0 Å². The molecule has 46 heavy (non-hydrogen) atoms. The number of nitrogens with zero attached hydrogens (tertiary/aromatic N) is 7. The minimum atomic E-state index is -3.80. The van der Waals surface area contributed by atoms with Crippen LogP contribution in [-0.2, 0) is 39.6 Å². The van der Waals surface area contributed by atoms with E-state index in [0.29, 0.717) is 11.2 Å². The number of ether oxygens (including phenoxy) is 3. The average molecular weight is 718 g/mol. The van der Waals surface area contributed by atoms with Gasteiger partial charge in [-0.25, -0.2) is 19.9 Å². The van der Waals surface area contributed by atoms with Gasteiger partial charge in [0.05, 0.1) is 31.0 Å². The molecule has 4 aromatic rings. The highest BCUT2D eigenvalue weighted by atomic mass is 32.7. The van der Waals surface area contributed by atoms with E-state index in [0.717, 1.165) is 0 Å². The number of aliphatic hydroxyl groups excluding tert-OH is 1. The first kappa shape index (κ1) is 33.2. The van der Waals surface area contributed by atoms with Crippen LogP contribution in [0.1, 0.15) is 32.2 Å². The number of thiol groups is 1. The van der Waals surface area contributed by atoms with E-state index in [2.05, 4.69) is 42.2 Å². The molecule has 0 bridgehead atoms. The number of rotatable bonds is 11. The number of fused-ring (bicyclic) bond motifs is 2. The molecule has 3 unspecified atom stereocenters. The normalized spacial score (nSPS) is 29.9. The molecule has 4 aromatic heterocycles. The molecule has 23 heteroatoms. The van der Waals surface area contributed by atoms with Crippen LogP contribution in [0.25, 0.3) is 22.3 Å². The maximum atomic E-state index is 12.4. The molecule has 0 saturated carbocycles. The smallest absolute Gasteiger partial charge is 0.396 e. The van der Waals surface area contributed by atoms with Gasteiger partial charge in [-0.2, -0.15) is 4.98 Å². The van der Waals surface area contributed by atoms with Crippen molar-refractivity contribution < 1.29 is 37.8 Å². The number of methoxy groups -OCH3 is 1. The Kier molecular flexibility index (Phi) is 9.20. The summed E-state index contributed by atoms with van der Waals surface area (Å²) in [6.07, 6.45) is 0.217. The minimum Gasteiger partial charge on any atom is -0.396 e. The fourth-order valence-corrected chi connectivity index (χ4v) is 9.09. The van der Waals surface area contributed by atoms with E-state index in [-0.39, 0.29) is 49.0 Å². The molecule has 2 saturated heterocycles. The summed E-state index contributed by atoms with van der Waals surface area (Å²) in [5.41, 5.74) is 9.78. The van der Waals surface area contributed by atoms with Crippen molar-refractivity contribution >= 4 is 71.9 Å². The van der Waals surface area contributed by atoms with Crippen LogP contribution in [0, 0.1) is 0 Å². The Balaban J connectivity index is 1.31. The number of imidazole rings is 2. The van der Waals surface area contributed by atoms with Gasteiger partial charge in [0.2, 0.25) is 5.95 Å². The first-order chi connectivity index (χ1) is 21.9. The Morgan fingerprint density at radius 3 is 2.63 bits per heavy atom. The number of hydrogen-bond acceptors (Lipinski definition) is 16. The van der Waals surface area contributed by atoms with Gasteiger partial charge in [-0.1, -0.05) is 0 Å². The van der Waals surface area contributed by atoms with E-state index in [4.69, 9.17) is 46.5 Å². The second kappa shape index (κ2) is 12.7. The van der Waals surface area contributed by atoms with Gasteiger partial charge in [0, 0.05) is 13.7 Å². The van der Waals surface area contributed by atoms with Crippen LogP contribution in [0.3, 0.4) is 0 Å². The Morgan fingerprint density at radius 2 is 1.93 bits per heavy atom. The zero-order chi connectivity index (χ0) is 33.0. The monoisotopic (exact) mass is 717 g/mol. The third-order valence-electron chi connectivity index (χ3n) is 8.00. The summed E-state index contributed by atoms with van der Waals surface area (Å²) in [7, 11) is -1.02. The predicted octanol–water partition coefficient (Wildman–Crippen LogP) is 0.756. The van der Waals surface area contributed by atoms with E-state index in [1.807, 2.05) is 0 Å². The number of hydrogen-bond donors (Lipinski definition) is 6. The lowest BCUT2D eigenvalue weighted by Crippen LogP contribution is -2.45. The Hall–Kier alpha value is -2.68. The number of anilines is 2. The van der Waals surface area contributed by atoms with Crippen LogP contribution in [0.2, 0.25) is 0 Å². The number of nitrogens with two attached hydrogens (primary N) is 2. The second-order valence-corrected chi connectivity index (χ2v) is 16.2. The van der Waals surface area contributed by atoms with Gasteiger partial charge < -0.3 is 40.2 Å². The van der Waals surface area contributed by atoms with Gasteiger partial charge >= 0.3 is 7.23 Å². The fraction of sp³-hybridized carbons (Fsp3) is 0.565. The average Bonchev–Trinajstić information content (AvgIpc) is 3.77. The van der Waals surface area contributed by atoms with Crippen molar-refractivity contribution in [3.05, 3.63) is 29.3 Å². The van der Waals surface area contributed by atoms with Crippen molar-refractivity contribution in [2.24, 2.45) is 0 Å². The Labute approximate surface area is 271 Å². The quantitative estimate of drug-likeness (QED) is 0.0923. The molecular weight excluding hydrogens is 686 g/mol. The standard InChI is InChI=1S/C23H30N10O9P2S2/c1-23(15(42-43(36)45)14(38-2)21(41-23)32-8-28-12-16(24)26-7-27-17(12)32)6-39-44(37,46)11-5-10(3-4-34)40-20(11)33-9-29-13-18(33)30-22(25)31-19(13)35/h7-11,14-15,20-21,34H,3-6H2,1-2H3,(H6-,24,25,26,27,30,31,35,36,37,45,46)/p+1/t10-,11-,14-,15+,20-,21-,23?,44?/m1/s1. The number of aliphatic hydroxyl groups is 1. The third-order valence-corrected chi connectivity index (χ3v) is 11.6. The largest absolute Gasteiger partial charge is 0.582 e. The van der Waals surface area contributed by atoms with Crippen molar-refractivity contribution in [3.8, 4) is 0 Å². The molecular formula is C23H31N10O9P2S2+. The first-order valence-corrected chi connectivity index (χ1v) is 18.9. The second-order valence-electron chi connectivity index (χ2n) is 10.9. The number of aromatic nitrogens is 8. The van der Waals surface area contributed by atoms with Gasteiger partial charge in [0.1, 0.15) is 42.0 Å². The highest BCUT2D eigenvalue weighted by Crippen LogP contribution is 2.59. The van der Waals surface area contributed by atoms with Crippen molar-refractivity contribution in [3.63, 3.8) is 0 Å². The first-order valence-electron chi connectivity index (χ1n) is 13.8. The predicted molar refractivity (Wildman–Crippen MR) is 170 cm³/mol. The Morgan fingerprint density at radius 1 is 1.22 bits per heavy atom. The van der Waals surface area contributed by atoms with Crippen LogP contribution in [0.5, 0.6) is 0 Å². The highest BCUT2D eigenvalue weighted by Gasteiger charge is 2.59. The number of nitrogens with one attached hydrogen (secondary N) is 1.